The number of imide groups is 1. The number of amides is 3. The summed E-state index contributed by atoms with van der Waals surface area (Å²) in [6, 6.07) is 4.74. The van der Waals surface area contributed by atoms with Crippen molar-refractivity contribution < 1.29 is 9.59 Å². The van der Waals surface area contributed by atoms with Crippen molar-refractivity contribution in [3.63, 3.8) is 0 Å². The Bertz CT molecular complexity index is 474. The fraction of sp³-hybridized carbons (Fsp3) is 0.333. The van der Waals surface area contributed by atoms with Gasteiger partial charge in [-0.1, -0.05) is 18.5 Å². The molecule has 1 aromatic rings. The number of nitrogens with one attached hydrogen (secondary N) is 1. The van der Waals surface area contributed by atoms with E-state index in [1.54, 1.807) is 18.2 Å². The molecule has 17 heavy (non-hydrogen) atoms. The molecule has 0 atom stereocenters. The van der Waals surface area contributed by atoms with E-state index in [0.717, 1.165) is 12.0 Å². The van der Waals surface area contributed by atoms with Crippen LogP contribution in [0.2, 0.25) is 5.02 Å². The van der Waals surface area contributed by atoms with Crippen LogP contribution in [-0.4, -0.2) is 18.5 Å². The third-order valence-electron chi connectivity index (χ3n) is 2.60. The predicted molar refractivity (Wildman–Crippen MR) is 66.3 cm³/mol. The van der Waals surface area contributed by atoms with Crippen molar-refractivity contribution in [2.45, 2.75) is 19.8 Å². The van der Waals surface area contributed by atoms with Crippen molar-refractivity contribution in [2.24, 2.45) is 0 Å². The number of carbonyl (C=O) groups excluding carboxylic acids is 2. The summed E-state index contributed by atoms with van der Waals surface area (Å²) < 4.78 is 0. The van der Waals surface area contributed by atoms with Crippen LogP contribution < -0.4 is 10.2 Å². The maximum atomic E-state index is 11.8. The monoisotopic (exact) mass is 252 g/mol. The summed E-state index contributed by atoms with van der Waals surface area (Å²) in [5.41, 5.74) is 1.43. The number of urea groups is 1. The number of nitrogens with zero attached hydrogens (tertiary/aromatic N) is 1. The molecule has 1 aliphatic rings. The van der Waals surface area contributed by atoms with E-state index in [1.165, 1.54) is 4.90 Å². The molecule has 0 radical (unpaired) electrons. The highest BCUT2D eigenvalue weighted by Crippen LogP contribution is 2.31. The highest BCUT2D eigenvalue weighted by atomic mass is 35.5. The van der Waals surface area contributed by atoms with E-state index in [2.05, 4.69) is 5.32 Å². The number of fused-ring (bicyclic) bond motifs is 1. The Morgan fingerprint density at radius 2 is 2.29 bits per heavy atom. The smallest absolute Gasteiger partial charge is 0.328 e. The fourth-order valence-electron chi connectivity index (χ4n) is 1.82. The molecule has 0 bridgehead atoms. The Morgan fingerprint density at radius 1 is 1.53 bits per heavy atom. The molecule has 0 saturated heterocycles. The van der Waals surface area contributed by atoms with Gasteiger partial charge >= 0.3 is 6.03 Å². The molecule has 0 aliphatic carbocycles. The molecule has 0 unspecified atom stereocenters. The van der Waals surface area contributed by atoms with Gasteiger partial charge in [-0.3, -0.25) is 4.79 Å². The summed E-state index contributed by atoms with van der Waals surface area (Å²) in [5, 5.41) is 3.27. The van der Waals surface area contributed by atoms with Gasteiger partial charge in [-0.2, -0.15) is 0 Å². The number of carbonyl (C=O) groups is 2. The fourth-order valence-corrected chi connectivity index (χ4v) is 2.02. The highest BCUT2D eigenvalue weighted by Gasteiger charge is 2.32. The second kappa shape index (κ2) is 4.75. The third-order valence-corrected chi connectivity index (χ3v) is 2.84. The van der Waals surface area contributed by atoms with E-state index in [1.807, 2.05) is 6.92 Å². The van der Waals surface area contributed by atoms with Gasteiger partial charge in [0.25, 0.3) is 0 Å². The Morgan fingerprint density at radius 3 is 3.00 bits per heavy atom. The van der Waals surface area contributed by atoms with Gasteiger partial charge in [0.2, 0.25) is 5.91 Å². The normalized spacial score (nSPS) is 13.8. The minimum Gasteiger partial charge on any atom is -0.337 e. The predicted octanol–water partition coefficient (Wildman–Crippen LogP) is 2.35. The molecule has 1 aliphatic heterocycles. The van der Waals surface area contributed by atoms with E-state index in [9.17, 15) is 9.59 Å². The first-order chi connectivity index (χ1) is 8.13. The van der Waals surface area contributed by atoms with Crippen molar-refractivity contribution in [2.75, 3.05) is 11.4 Å². The average Bonchev–Trinajstić information content (AvgIpc) is 2.61. The Balaban J connectivity index is 2.25. The Hall–Kier alpha value is -1.55. The van der Waals surface area contributed by atoms with Crippen LogP contribution in [0.5, 0.6) is 0 Å². The topological polar surface area (TPSA) is 49.4 Å². The number of hydrogen-bond donors (Lipinski definition) is 1. The standard InChI is InChI=1S/C12H13ClN2O2/c1-2-5-14-12(17)15-10-4-3-9(13)6-8(10)7-11(15)16/h3-4,6H,2,5,7H2,1H3,(H,14,17). The summed E-state index contributed by atoms with van der Waals surface area (Å²) in [4.78, 5) is 24.8. The second-order valence-corrected chi connectivity index (χ2v) is 4.35. The van der Waals surface area contributed by atoms with Crippen molar-refractivity contribution in [3.8, 4) is 0 Å². The van der Waals surface area contributed by atoms with E-state index in [4.69, 9.17) is 11.6 Å². The van der Waals surface area contributed by atoms with Crippen LogP contribution in [0.15, 0.2) is 18.2 Å². The van der Waals surface area contributed by atoms with Crippen LogP contribution >= 0.6 is 11.6 Å². The van der Waals surface area contributed by atoms with Crippen LogP contribution in [0.3, 0.4) is 0 Å². The minimum atomic E-state index is -0.363. The summed E-state index contributed by atoms with van der Waals surface area (Å²) in [5.74, 6) is -0.212. The van der Waals surface area contributed by atoms with E-state index < -0.39 is 0 Å². The molecule has 0 aromatic heterocycles. The summed E-state index contributed by atoms with van der Waals surface area (Å²) in [6.07, 6.45) is 1.07. The van der Waals surface area contributed by atoms with Crippen molar-refractivity contribution >= 4 is 29.2 Å². The zero-order chi connectivity index (χ0) is 12.4. The molecule has 90 valence electrons. The van der Waals surface area contributed by atoms with E-state index in [0.29, 0.717) is 17.3 Å². The highest BCUT2D eigenvalue weighted by molar-refractivity contribution is 6.31. The first-order valence-corrected chi connectivity index (χ1v) is 5.90. The van der Waals surface area contributed by atoms with Crippen molar-refractivity contribution in [3.05, 3.63) is 28.8 Å². The molecule has 0 saturated carbocycles. The molecule has 1 aromatic carbocycles. The second-order valence-electron chi connectivity index (χ2n) is 3.91. The minimum absolute atomic E-state index is 0.212. The lowest BCUT2D eigenvalue weighted by molar-refractivity contribution is -0.116. The molecular formula is C12H13ClN2O2. The van der Waals surface area contributed by atoms with Crippen LogP contribution in [0.25, 0.3) is 0 Å². The van der Waals surface area contributed by atoms with Crippen molar-refractivity contribution in [1.29, 1.82) is 0 Å². The quantitative estimate of drug-likeness (QED) is 0.878. The SMILES string of the molecule is CCCNC(=O)N1C(=O)Cc2cc(Cl)ccc21. The van der Waals surface area contributed by atoms with Gasteiger partial charge < -0.3 is 5.32 Å². The number of halogens is 1. The lowest BCUT2D eigenvalue weighted by atomic mass is 10.2. The molecule has 3 amide bonds. The van der Waals surface area contributed by atoms with Gasteiger partial charge in [-0.15, -0.1) is 0 Å². The van der Waals surface area contributed by atoms with Gasteiger partial charge in [-0.05, 0) is 30.2 Å². The molecule has 1 heterocycles. The Kier molecular flexibility index (Phi) is 3.33. The summed E-state index contributed by atoms with van der Waals surface area (Å²) in [6.45, 7) is 2.52. The molecule has 2 rings (SSSR count). The average molecular weight is 253 g/mol. The first-order valence-electron chi connectivity index (χ1n) is 5.52. The zero-order valence-electron chi connectivity index (χ0n) is 9.50. The third kappa shape index (κ3) is 2.26. The molecule has 0 spiro atoms. The van der Waals surface area contributed by atoms with Crippen LogP contribution in [0.4, 0.5) is 10.5 Å². The zero-order valence-corrected chi connectivity index (χ0v) is 10.3. The van der Waals surface area contributed by atoms with Crippen molar-refractivity contribution in [1.82, 2.24) is 5.32 Å². The number of rotatable bonds is 2. The molecule has 0 fully saturated rings. The number of anilines is 1. The lowest BCUT2D eigenvalue weighted by Crippen LogP contribution is -2.42. The molecule has 5 heteroatoms. The molecule has 4 nitrogen and oxygen atoms in total. The summed E-state index contributed by atoms with van der Waals surface area (Å²) in [7, 11) is 0. The molecule has 1 N–H and O–H groups in total. The van der Waals surface area contributed by atoms with Gasteiger partial charge in [0.05, 0.1) is 12.1 Å². The van der Waals surface area contributed by atoms with Crippen LogP contribution in [0.1, 0.15) is 18.9 Å². The van der Waals surface area contributed by atoms with Gasteiger partial charge in [0, 0.05) is 11.6 Å². The lowest BCUT2D eigenvalue weighted by Gasteiger charge is -2.16. The largest absolute Gasteiger partial charge is 0.337 e. The van der Waals surface area contributed by atoms with Gasteiger partial charge in [-0.25, -0.2) is 9.69 Å². The number of hydrogen-bond acceptors (Lipinski definition) is 2. The van der Waals surface area contributed by atoms with Gasteiger partial charge in [0.15, 0.2) is 0 Å². The van der Waals surface area contributed by atoms with Gasteiger partial charge in [0.1, 0.15) is 0 Å². The number of benzene rings is 1. The van der Waals surface area contributed by atoms with E-state index >= 15 is 0 Å². The van der Waals surface area contributed by atoms with Crippen LogP contribution in [0, 0.1) is 0 Å². The van der Waals surface area contributed by atoms with Crippen LogP contribution in [-0.2, 0) is 11.2 Å². The van der Waals surface area contributed by atoms with E-state index in [-0.39, 0.29) is 18.4 Å². The maximum absolute atomic E-state index is 11.8. The Labute approximate surface area is 105 Å². The molecular weight excluding hydrogens is 240 g/mol. The first kappa shape index (κ1) is 11.9. The summed E-state index contributed by atoms with van der Waals surface area (Å²) >= 11 is 5.85. The maximum Gasteiger partial charge on any atom is 0.328 e.